The summed E-state index contributed by atoms with van der Waals surface area (Å²) in [5, 5.41) is 6.58. The van der Waals surface area contributed by atoms with Crippen molar-refractivity contribution < 1.29 is 17.7 Å². The number of carbonyl (C=O) groups is 1. The maximum Gasteiger partial charge on any atom is 0.259 e. The Balaban J connectivity index is 1.50. The molecule has 0 radical (unpaired) electrons. The molecule has 4 rings (SSSR count). The molecule has 1 amide bonds. The van der Waals surface area contributed by atoms with Gasteiger partial charge in [-0.15, -0.1) is 0 Å². The molecule has 1 fully saturated rings. The van der Waals surface area contributed by atoms with Crippen LogP contribution in [0.4, 0.5) is 5.69 Å². The molecule has 1 aliphatic rings. The topological polar surface area (TPSA) is 118 Å². The van der Waals surface area contributed by atoms with Crippen LogP contribution in [0.5, 0.6) is 0 Å². The maximum atomic E-state index is 13.0. The standard InChI is InChI=1S/C21H23N5O4S/c1-13-18(21(27)24-17-7-5-4-6-8-17)11-22-20(23-13)16-9-10-26(12-16)31(28,29)19-14(2)25-30-15(19)3/h4-8,11,16H,9-10,12H2,1-3H3,(H,24,27)/t16-/m0/s1. The normalized spacial score (nSPS) is 17.1. The molecular formula is C21H23N5O4S. The van der Waals surface area contributed by atoms with Gasteiger partial charge in [-0.05, 0) is 39.3 Å². The molecule has 0 unspecified atom stereocenters. The van der Waals surface area contributed by atoms with E-state index in [1.807, 2.05) is 18.2 Å². The van der Waals surface area contributed by atoms with Crippen molar-refractivity contribution in [2.75, 3.05) is 18.4 Å². The number of aromatic nitrogens is 3. The summed E-state index contributed by atoms with van der Waals surface area (Å²) in [6.45, 7) is 5.57. The summed E-state index contributed by atoms with van der Waals surface area (Å²) < 4.78 is 32.5. The Hall–Kier alpha value is -3.11. The average Bonchev–Trinajstić information content (AvgIpc) is 3.36. The Morgan fingerprint density at radius 1 is 1.16 bits per heavy atom. The third-order valence-corrected chi connectivity index (χ3v) is 7.47. The summed E-state index contributed by atoms with van der Waals surface area (Å²) in [6.07, 6.45) is 2.10. The fraction of sp³-hybridized carbons (Fsp3) is 0.333. The molecule has 1 aliphatic heterocycles. The van der Waals surface area contributed by atoms with Crippen molar-refractivity contribution in [3.63, 3.8) is 0 Å². The first kappa shape index (κ1) is 21.1. The van der Waals surface area contributed by atoms with Gasteiger partial charge in [0.2, 0.25) is 10.0 Å². The summed E-state index contributed by atoms with van der Waals surface area (Å²) in [7, 11) is -3.71. The summed E-state index contributed by atoms with van der Waals surface area (Å²) >= 11 is 0. The van der Waals surface area contributed by atoms with Gasteiger partial charge in [-0.1, -0.05) is 23.4 Å². The molecule has 0 spiro atoms. The van der Waals surface area contributed by atoms with Gasteiger partial charge in [0.25, 0.3) is 5.91 Å². The summed E-state index contributed by atoms with van der Waals surface area (Å²) in [5.41, 5.74) is 1.96. The number of hydrogen-bond acceptors (Lipinski definition) is 7. The van der Waals surface area contributed by atoms with Gasteiger partial charge in [0.1, 0.15) is 16.4 Å². The van der Waals surface area contributed by atoms with Crippen LogP contribution in [0.3, 0.4) is 0 Å². The Kier molecular flexibility index (Phi) is 5.59. The van der Waals surface area contributed by atoms with Crippen LogP contribution >= 0.6 is 0 Å². The zero-order chi connectivity index (χ0) is 22.2. The molecule has 0 aliphatic carbocycles. The summed E-state index contributed by atoms with van der Waals surface area (Å²) in [4.78, 5) is 21.6. The second kappa shape index (κ2) is 8.20. The predicted molar refractivity (Wildman–Crippen MR) is 113 cm³/mol. The number of sulfonamides is 1. The Morgan fingerprint density at radius 3 is 2.55 bits per heavy atom. The number of carbonyl (C=O) groups excluding carboxylic acids is 1. The van der Waals surface area contributed by atoms with E-state index in [4.69, 9.17) is 4.52 Å². The molecule has 1 N–H and O–H groups in total. The highest BCUT2D eigenvalue weighted by atomic mass is 32.2. The van der Waals surface area contributed by atoms with E-state index in [2.05, 4.69) is 20.4 Å². The first-order valence-corrected chi connectivity index (χ1v) is 11.3. The van der Waals surface area contributed by atoms with Gasteiger partial charge >= 0.3 is 0 Å². The number of para-hydroxylation sites is 1. The Labute approximate surface area is 180 Å². The minimum absolute atomic E-state index is 0.123. The van der Waals surface area contributed by atoms with Gasteiger partial charge in [-0.3, -0.25) is 4.79 Å². The molecule has 10 heteroatoms. The number of rotatable bonds is 5. The van der Waals surface area contributed by atoms with Crippen LogP contribution < -0.4 is 5.32 Å². The monoisotopic (exact) mass is 441 g/mol. The van der Waals surface area contributed by atoms with E-state index in [9.17, 15) is 13.2 Å². The second-order valence-corrected chi connectivity index (χ2v) is 9.42. The van der Waals surface area contributed by atoms with Gasteiger partial charge < -0.3 is 9.84 Å². The molecule has 162 valence electrons. The Morgan fingerprint density at radius 2 is 1.90 bits per heavy atom. The molecule has 0 saturated carbocycles. The number of hydrogen-bond donors (Lipinski definition) is 1. The van der Waals surface area contributed by atoms with Crippen molar-refractivity contribution in [2.24, 2.45) is 0 Å². The lowest BCUT2D eigenvalue weighted by molar-refractivity contribution is 0.102. The van der Waals surface area contributed by atoms with E-state index in [1.165, 1.54) is 10.5 Å². The van der Waals surface area contributed by atoms with E-state index in [0.717, 1.165) is 0 Å². The molecule has 3 aromatic rings. The van der Waals surface area contributed by atoms with Crippen LogP contribution in [0.15, 0.2) is 45.9 Å². The van der Waals surface area contributed by atoms with Crippen LogP contribution in [-0.2, 0) is 10.0 Å². The van der Waals surface area contributed by atoms with Gasteiger partial charge in [0.05, 0.1) is 11.3 Å². The van der Waals surface area contributed by atoms with Crippen molar-refractivity contribution in [3.05, 3.63) is 65.1 Å². The lowest BCUT2D eigenvalue weighted by Crippen LogP contribution is -2.29. The van der Waals surface area contributed by atoms with E-state index in [0.29, 0.717) is 41.4 Å². The van der Waals surface area contributed by atoms with Gasteiger partial charge in [0, 0.05) is 30.9 Å². The maximum absolute atomic E-state index is 13.0. The highest BCUT2D eigenvalue weighted by Crippen LogP contribution is 2.32. The number of benzene rings is 1. The number of nitrogens with one attached hydrogen (secondary N) is 1. The number of nitrogens with zero attached hydrogens (tertiary/aromatic N) is 4. The molecule has 3 heterocycles. The first-order valence-electron chi connectivity index (χ1n) is 9.90. The Bertz CT molecular complexity index is 1200. The fourth-order valence-corrected chi connectivity index (χ4v) is 5.55. The van der Waals surface area contributed by atoms with Crippen LogP contribution in [0, 0.1) is 20.8 Å². The molecule has 31 heavy (non-hydrogen) atoms. The second-order valence-electron chi connectivity index (χ2n) is 7.55. The van der Waals surface area contributed by atoms with Crippen LogP contribution in [0.25, 0.3) is 0 Å². The quantitative estimate of drug-likeness (QED) is 0.647. The van der Waals surface area contributed by atoms with E-state index in [1.54, 1.807) is 32.9 Å². The average molecular weight is 442 g/mol. The third kappa shape index (κ3) is 4.08. The molecule has 1 atom stereocenters. The SMILES string of the molecule is Cc1nc([C@H]2CCN(S(=O)(=O)c3c(C)noc3C)C2)ncc1C(=O)Nc1ccccc1. The molecule has 0 bridgehead atoms. The van der Waals surface area contributed by atoms with E-state index < -0.39 is 10.0 Å². The van der Waals surface area contributed by atoms with E-state index >= 15 is 0 Å². The van der Waals surface area contributed by atoms with Crippen LogP contribution in [0.1, 0.15) is 45.7 Å². The van der Waals surface area contributed by atoms with Crippen molar-refractivity contribution in [3.8, 4) is 0 Å². The van der Waals surface area contributed by atoms with Gasteiger partial charge in [0.15, 0.2) is 5.76 Å². The molecule has 1 aromatic carbocycles. The lowest BCUT2D eigenvalue weighted by Gasteiger charge is -2.16. The minimum Gasteiger partial charge on any atom is -0.360 e. The van der Waals surface area contributed by atoms with Crippen molar-refractivity contribution in [1.82, 2.24) is 19.4 Å². The zero-order valence-corrected chi connectivity index (χ0v) is 18.3. The third-order valence-electron chi connectivity index (χ3n) is 5.36. The molecule has 1 saturated heterocycles. The smallest absolute Gasteiger partial charge is 0.259 e. The summed E-state index contributed by atoms with van der Waals surface area (Å²) in [5.74, 6) is 0.372. The molecule has 2 aromatic heterocycles. The lowest BCUT2D eigenvalue weighted by atomic mass is 10.1. The highest BCUT2D eigenvalue weighted by Gasteiger charge is 2.37. The molecular weight excluding hydrogens is 418 g/mol. The van der Waals surface area contributed by atoms with Crippen molar-refractivity contribution in [2.45, 2.75) is 38.0 Å². The number of anilines is 1. The largest absolute Gasteiger partial charge is 0.360 e. The van der Waals surface area contributed by atoms with Crippen molar-refractivity contribution in [1.29, 1.82) is 0 Å². The predicted octanol–water partition coefficient (Wildman–Crippen LogP) is 2.82. The number of aryl methyl sites for hydroxylation is 3. The first-order chi connectivity index (χ1) is 14.8. The van der Waals surface area contributed by atoms with Crippen molar-refractivity contribution >= 4 is 21.6 Å². The van der Waals surface area contributed by atoms with Crippen LogP contribution in [-0.4, -0.2) is 46.8 Å². The highest BCUT2D eigenvalue weighted by molar-refractivity contribution is 7.89. The summed E-state index contributed by atoms with van der Waals surface area (Å²) in [6, 6.07) is 9.15. The number of amides is 1. The van der Waals surface area contributed by atoms with Crippen LogP contribution in [0.2, 0.25) is 0 Å². The zero-order valence-electron chi connectivity index (χ0n) is 17.5. The molecule has 9 nitrogen and oxygen atoms in total. The minimum atomic E-state index is -3.71. The fourth-order valence-electron chi connectivity index (χ4n) is 3.75. The van der Waals surface area contributed by atoms with E-state index in [-0.39, 0.29) is 29.0 Å². The van der Waals surface area contributed by atoms with Gasteiger partial charge in [-0.2, -0.15) is 4.31 Å². The van der Waals surface area contributed by atoms with Gasteiger partial charge in [-0.25, -0.2) is 18.4 Å².